The third-order valence-electron chi connectivity index (χ3n) is 5.20. The number of hydrogen-bond donors (Lipinski definition) is 3. The lowest BCUT2D eigenvalue weighted by molar-refractivity contribution is -0.125. The second kappa shape index (κ2) is 11.1. The number of aliphatic imine (C=N–C) groups is 1. The summed E-state index contributed by atoms with van der Waals surface area (Å²) in [6.07, 6.45) is -0.0507. The summed E-state index contributed by atoms with van der Waals surface area (Å²) < 4.78 is 32.7. The predicted molar refractivity (Wildman–Crippen MR) is 123 cm³/mol. The fourth-order valence-electron chi connectivity index (χ4n) is 3.40. The van der Waals surface area contributed by atoms with E-state index in [2.05, 4.69) is 10.3 Å². The first-order chi connectivity index (χ1) is 16.2. The molecular formula is C23H23ClF2N4O4. The van der Waals surface area contributed by atoms with Crippen molar-refractivity contribution in [3.63, 3.8) is 0 Å². The molecule has 3 rings (SSSR count). The van der Waals surface area contributed by atoms with Gasteiger partial charge >= 0.3 is 6.09 Å². The van der Waals surface area contributed by atoms with Crippen LogP contribution < -0.4 is 11.1 Å². The number of likely N-dealkylation sites (N-methyl/N-ethyl adjacent to an activating group) is 1. The number of benzene rings is 2. The third-order valence-corrected chi connectivity index (χ3v) is 5.49. The van der Waals surface area contributed by atoms with Crippen molar-refractivity contribution in [2.24, 2.45) is 10.7 Å². The van der Waals surface area contributed by atoms with E-state index in [1.54, 1.807) is 0 Å². The lowest BCUT2D eigenvalue weighted by Crippen LogP contribution is -2.31. The number of carbonyl (C=O) groups is 2. The van der Waals surface area contributed by atoms with Gasteiger partial charge in [-0.05, 0) is 37.1 Å². The Kier molecular flexibility index (Phi) is 8.19. The SMILES string of the molecule is CN(CCCC1OC(=O)Nc2ccc(Cl)c(F)c21)C(=O)C(/C=N/C(O)c1ccc(F)cc1)=C/N. The smallest absolute Gasteiger partial charge is 0.412 e. The zero-order valence-corrected chi connectivity index (χ0v) is 18.9. The lowest BCUT2D eigenvalue weighted by atomic mass is 10.0. The summed E-state index contributed by atoms with van der Waals surface area (Å²) in [5, 5.41) is 12.5. The molecule has 0 fully saturated rings. The van der Waals surface area contributed by atoms with E-state index >= 15 is 0 Å². The van der Waals surface area contributed by atoms with Crippen molar-refractivity contribution < 1.29 is 28.2 Å². The van der Waals surface area contributed by atoms with E-state index in [1.165, 1.54) is 48.3 Å². The number of ether oxygens (including phenoxy) is 1. The molecule has 0 radical (unpaired) electrons. The molecule has 0 spiro atoms. The molecule has 0 aliphatic carbocycles. The Hall–Kier alpha value is -3.50. The number of rotatable bonds is 8. The Labute approximate surface area is 199 Å². The molecule has 2 amide bonds. The van der Waals surface area contributed by atoms with Gasteiger partial charge in [-0.3, -0.25) is 15.1 Å². The molecule has 2 aromatic rings. The molecule has 180 valence electrons. The largest absolute Gasteiger partial charge is 0.441 e. The normalized spacial score (nSPS) is 16.6. The number of aliphatic hydroxyl groups excluding tert-OH is 1. The van der Waals surface area contributed by atoms with Gasteiger partial charge in [0.05, 0.1) is 21.8 Å². The molecule has 34 heavy (non-hydrogen) atoms. The first kappa shape index (κ1) is 25.1. The number of nitrogens with zero attached hydrogens (tertiary/aromatic N) is 2. The number of nitrogens with one attached hydrogen (secondary N) is 1. The van der Waals surface area contributed by atoms with Gasteiger partial charge in [0.2, 0.25) is 0 Å². The number of aliphatic hydroxyl groups is 1. The molecule has 4 N–H and O–H groups in total. The molecule has 0 aromatic heterocycles. The minimum Gasteiger partial charge on any atom is -0.441 e. The Morgan fingerprint density at radius 2 is 2.03 bits per heavy atom. The Balaban J connectivity index is 1.59. The topological polar surface area (TPSA) is 117 Å². The second-order valence-corrected chi connectivity index (χ2v) is 7.94. The molecule has 8 nitrogen and oxygen atoms in total. The first-order valence-corrected chi connectivity index (χ1v) is 10.7. The maximum absolute atomic E-state index is 14.5. The van der Waals surface area contributed by atoms with Gasteiger partial charge in [0.1, 0.15) is 11.9 Å². The molecule has 1 aliphatic heterocycles. The monoisotopic (exact) mass is 492 g/mol. The van der Waals surface area contributed by atoms with Crippen LogP contribution in [0.1, 0.15) is 36.3 Å². The molecule has 0 saturated carbocycles. The van der Waals surface area contributed by atoms with Crippen LogP contribution in [0.3, 0.4) is 0 Å². The minimum absolute atomic E-state index is 0.0279. The van der Waals surface area contributed by atoms with E-state index in [9.17, 15) is 23.5 Å². The highest BCUT2D eigenvalue weighted by atomic mass is 35.5. The van der Waals surface area contributed by atoms with Gasteiger partial charge in [-0.2, -0.15) is 0 Å². The highest BCUT2D eigenvalue weighted by Gasteiger charge is 2.30. The lowest BCUT2D eigenvalue weighted by Gasteiger charge is -2.27. The molecule has 1 heterocycles. The maximum atomic E-state index is 14.5. The van der Waals surface area contributed by atoms with E-state index in [-0.39, 0.29) is 34.8 Å². The van der Waals surface area contributed by atoms with E-state index < -0.39 is 36.0 Å². The van der Waals surface area contributed by atoms with Crippen LogP contribution in [-0.4, -0.2) is 41.8 Å². The predicted octanol–water partition coefficient (Wildman–Crippen LogP) is 4.06. The van der Waals surface area contributed by atoms with Crippen molar-refractivity contribution in [1.82, 2.24) is 4.90 Å². The van der Waals surface area contributed by atoms with Crippen molar-refractivity contribution in [3.8, 4) is 0 Å². The van der Waals surface area contributed by atoms with E-state index in [4.69, 9.17) is 22.1 Å². The van der Waals surface area contributed by atoms with Crippen LogP contribution in [0.5, 0.6) is 0 Å². The number of anilines is 1. The van der Waals surface area contributed by atoms with Gasteiger partial charge in [-0.25, -0.2) is 13.6 Å². The third kappa shape index (κ3) is 5.89. The summed E-state index contributed by atoms with van der Waals surface area (Å²) in [5.41, 5.74) is 6.37. The fraction of sp³-hybridized carbons (Fsp3) is 0.261. The molecule has 0 saturated heterocycles. The highest BCUT2D eigenvalue weighted by Crippen LogP contribution is 2.38. The van der Waals surface area contributed by atoms with E-state index in [0.717, 1.165) is 12.4 Å². The van der Waals surface area contributed by atoms with Gasteiger partial charge < -0.3 is 20.5 Å². The highest BCUT2D eigenvalue weighted by molar-refractivity contribution is 6.31. The summed E-state index contributed by atoms with van der Waals surface area (Å²) in [6.45, 7) is 0.240. The average Bonchev–Trinajstić information content (AvgIpc) is 2.81. The van der Waals surface area contributed by atoms with Gasteiger partial charge in [0.25, 0.3) is 5.91 Å². The zero-order valence-electron chi connectivity index (χ0n) is 18.2. The van der Waals surface area contributed by atoms with Crippen molar-refractivity contribution >= 4 is 35.5 Å². The van der Waals surface area contributed by atoms with E-state index in [0.29, 0.717) is 12.0 Å². The van der Waals surface area contributed by atoms with Crippen LogP contribution in [0, 0.1) is 11.6 Å². The summed E-state index contributed by atoms with van der Waals surface area (Å²) >= 11 is 5.86. The minimum atomic E-state index is -1.30. The molecule has 2 aromatic carbocycles. The summed E-state index contributed by atoms with van der Waals surface area (Å²) in [7, 11) is 1.54. The number of hydrogen-bond acceptors (Lipinski definition) is 6. The van der Waals surface area contributed by atoms with Crippen LogP contribution >= 0.6 is 11.6 Å². The molecule has 2 unspecified atom stereocenters. The van der Waals surface area contributed by atoms with E-state index in [1.807, 2.05) is 0 Å². The van der Waals surface area contributed by atoms with Gasteiger partial charge in [0, 0.05) is 31.6 Å². The number of carbonyl (C=O) groups excluding carboxylic acids is 2. The molecule has 1 aliphatic rings. The summed E-state index contributed by atoms with van der Waals surface area (Å²) in [5.74, 6) is -1.58. The van der Waals surface area contributed by atoms with Crippen molar-refractivity contribution in [1.29, 1.82) is 0 Å². The standard InChI is InChI=1S/C23H23ClF2N4O4/c1-30(22(32)14(11-27)12-28-21(31)13-4-6-15(25)7-5-13)10-2-3-18-19-17(29-23(33)34-18)9-8-16(24)20(19)26/h4-9,11-12,18,21,31H,2-3,10,27H2,1H3,(H,29,33)/b14-11+,28-12+. The van der Waals surface area contributed by atoms with Gasteiger partial charge in [-0.15, -0.1) is 0 Å². The quantitative estimate of drug-likeness (QED) is 0.379. The Morgan fingerprint density at radius 3 is 2.71 bits per heavy atom. The number of amides is 2. The average molecular weight is 493 g/mol. The summed E-state index contributed by atoms with van der Waals surface area (Å²) in [4.78, 5) is 29.7. The van der Waals surface area contributed by atoms with Crippen LogP contribution in [0.15, 0.2) is 53.2 Å². The van der Waals surface area contributed by atoms with Crippen LogP contribution in [0.25, 0.3) is 0 Å². The number of halogens is 3. The molecule has 0 bridgehead atoms. The maximum Gasteiger partial charge on any atom is 0.412 e. The van der Waals surface area contributed by atoms with Crippen molar-refractivity contribution in [3.05, 3.63) is 76.0 Å². The van der Waals surface area contributed by atoms with Crippen LogP contribution in [0.4, 0.5) is 19.3 Å². The van der Waals surface area contributed by atoms with Crippen LogP contribution in [-0.2, 0) is 9.53 Å². The molecular weight excluding hydrogens is 470 g/mol. The van der Waals surface area contributed by atoms with Gasteiger partial charge in [-0.1, -0.05) is 23.7 Å². The first-order valence-electron chi connectivity index (χ1n) is 10.3. The van der Waals surface area contributed by atoms with Gasteiger partial charge in [0.15, 0.2) is 12.0 Å². The molecule has 11 heteroatoms. The Morgan fingerprint density at radius 1 is 1.32 bits per heavy atom. The zero-order chi connectivity index (χ0) is 24.8. The number of nitrogens with two attached hydrogens (primary N) is 1. The number of fused-ring (bicyclic) bond motifs is 1. The second-order valence-electron chi connectivity index (χ2n) is 7.54. The van der Waals surface area contributed by atoms with Crippen LogP contribution in [0.2, 0.25) is 5.02 Å². The number of cyclic esters (lactones) is 1. The fourth-order valence-corrected chi connectivity index (χ4v) is 3.56. The van der Waals surface area contributed by atoms with Crippen molar-refractivity contribution in [2.45, 2.75) is 25.2 Å². The van der Waals surface area contributed by atoms with Crippen molar-refractivity contribution in [2.75, 3.05) is 18.9 Å². The summed E-state index contributed by atoms with van der Waals surface area (Å²) in [6, 6.07) is 7.97. The Bertz CT molecular complexity index is 1120. The molecule has 2 atom stereocenters.